The summed E-state index contributed by atoms with van der Waals surface area (Å²) in [6.07, 6.45) is -0.254. The summed E-state index contributed by atoms with van der Waals surface area (Å²) in [4.78, 5) is 11.5. The van der Waals surface area contributed by atoms with Gasteiger partial charge in [-0.25, -0.2) is 0 Å². The van der Waals surface area contributed by atoms with Gasteiger partial charge in [0.15, 0.2) is 17.1 Å². The molecule has 24 heavy (non-hydrogen) atoms. The fourth-order valence-corrected chi connectivity index (χ4v) is 3.17. The normalized spacial score (nSPS) is 12.0. The van der Waals surface area contributed by atoms with Crippen molar-refractivity contribution in [2.75, 3.05) is 12.4 Å². The Balaban J connectivity index is 2.06. The van der Waals surface area contributed by atoms with Gasteiger partial charge >= 0.3 is 5.97 Å². The minimum atomic E-state index is -0.256. The second-order valence-electron chi connectivity index (χ2n) is 4.89. The number of carbonyl (C=O) groups is 1. The molecule has 0 saturated heterocycles. The number of hydrogen-bond acceptors (Lipinski definition) is 6. The lowest BCUT2D eigenvalue weighted by atomic mass is 10.3. The highest BCUT2D eigenvalue weighted by Gasteiger charge is 2.19. The van der Waals surface area contributed by atoms with Crippen LogP contribution < -0.4 is 4.74 Å². The number of ether oxygens (including phenoxy) is 2. The number of hydrogen-bond donors (Lipinski definition) is 0. The molecule has 1 heterocycles. The molecule has 1 aromatic heterocycles. The molecule has 8 heteroatoms. The number of rotatable bonds is 8. The lowest BCUT2D eigenvalue weighted by Gasteiger charge is -2.15. The summed E-state index contributed by atoms with van der Waals surface area (Å²) in [5, 5.41) is 9.09. The molecule has 1 aromatic carbocycles. The number of aromatic nitrogens is 3. The van der Waals surface area contributed by atoms with Gasteiger partial charge in [0, 0.05) is 11.0 Å². The third-order valence-electron chi connectivity index (χ3n) is 3.18. The Labute approximate surface area is 154 Å². The lowest BCUT2D eigenvalue weighted by Crippen LogP contribution is -2.12. The average molecular weight is 414 g/mol. The molecule has 1 atom stereocenters. The maximum absolute atomic E-state index is 11.5. The van der Waals surface area contributed by atoms with Crippen LogP contribution in [0, 0.1) is 0 Å². The summed E-state index contributed by atoms with van der Waals surface area (Å²) in [5.74, 6) is 1.45. The van der Waals surface area contributed by atoms with Crippen molar-refractivity contribution < 1.29 is 14.3 Å². The molecule has 0 spiro atoms. The second-order valence-corrected chi connectivity index (χ2v) is 6.75. The maximum Gasteiger partial charge on any atom is 0.316 e. The summed E-state index contributed by atoms with van der Waals surface area (Å²) in [5.41, 5.74) is 0. The van der Waals surface area contributed by atoms with Crippen LogP contribution in [0.25, 0.3) is 0 Å². The van der Waals surface area contributed by atoms with Crippen molar-refractivity contribution in [1.82, 2.24) is 14.8 Å². The SMILES string of the molecule is CCOC(=O)CSc1nnc(C(C)Oc2ccc(Br)cc2)n1CC. The van der Waals surface area contributed by atoms with E-state index < -0.39 is 0 Å². The maximum atomic E-state index is 11.5. The zero-order valence-corrected chi connectivity index (χ0v) is 16.3. The molecule has 1 unspecified atom stereocenters. The standard InChI is InChI=1S/C16H20BrN3O3S/c1-4-20-15(11(3)23-13-8-6-12(17)7-9-13)18-19-16(20)24-10-14(21)22-5-2/h6-9,11H,4-5,10H2,1-3H3. The molecule has 6 nitrogen and oxygen atoms in total. The molecule has 2 aromatic rings. The van der Waals surface area contributed by atoms with E-state index >= 15 is 0 Å². The largest absolute Gasteiger partial charge is 0.483 e. The summed E-state index contributed by atoms with van der Waals surface area (Å²) in [6.45, 7) is 6.80. The van der Waals surface area contributed by atoms with E-state index in [1.807, 2.05) is 42.7 Å². The number of thioether (sulfide) groups is 1. The Kier molecular flexibility index (Phi) is 7.11. The molecule has 0 aliphatic rings. The predicted octanol–water partition coefficient (Wildman–Crippen LogP) is 3.86. The predicted molar refractivity (Wildman–Crippen MR) is 96.2 cm³/mol. The fraction of sp³-hybridized carbons (Fsp3) is 0.438. The van der Waals surface area contributed by atoms with E-state index in [0.29, 0.717) is 18.3 Å². The van der Waals surface area contributed by atoms with Crippen molar-refractivity contribution in [1.29, 1.82) is 0 Å². The van der Waals surface area contributed by atoms with Crippen LogP contribution in [0.4, 0.5) is 0 Å². The van der Waals surface area contributed by atoms with Crippen LogP contribution in [-0.4, -0.2) is 33.1 Å². The Morgan fingerprint density at radius 3 is 2.62 bits per heavy atom. The van der Waals surface area contributed by atoms with E-state index in [-0.39, 0.29) is 17.8 Å². The van der Waals surface area contributed by atoms with E-state index in [1.165, 1.54) is 11.8 Å². The van der Waals surface area contributed by atoms with Crippen LogP contribution in [0.3, 0.4) is 0 Å². The van der Waals surface area contributed by atoms with Crippen molar-refractivity contribution in [2.45, 2.75) is 38.6 Å². The molecule has 0 amide bonds. The molecule has 0 bridgehead atoms. The van der Waals surface area contributed by atoms with Crippen LogP contribution in [-0.2, 0) is 16.1 Å². The van der Waals surface area contributed by atoms with Crippen LogP contribution >= 0.6 is 27.7 Å². The first-order valence-corrected chi connectivity index (χ1v) is 9.46. The second kappa shape index (κ2) is 9.08. The van der Waals surface area contributed by atoms with Crippen molar-refractivity contribution in [3.05, 3.63) is 34.6 Å². The van der Waals surface area contributed by atoms with Crippen LogP contribution in [0.15, 0.2) is 33.9 Å². The van der Waals surface area contributed by atoms with Crippen molar-refractivity contribution >= 4 is 33.7 Å². The Morgan fingerprint density at radius 2 is 2.00 bits per heavy atom. The van der Waals surface area contributed by atoms with E-state index in [9.17, 15) is 4.79 Å². The molecular weight excluding hydrogens is 394 g/mol. The van der Waals surface area contributed by atoms with Crippen molar-refractivity contribution in [3.8, 4) is 5.75 Å². The first-order chi connectivity index (χ1) is 11.5. The summed E-state index contributed by atoms with van der Waals surface area (Å²) in [6, 6.07) is 7.63. The van der Waals surface area contributed by atoms with E-state index in [1.54, 1.807) is 6.92 Å². The Morgan fingerprint density at radius 1 is 1.29 bits per heavy atom. The number of halogens is 1. The van der Waals surface area contributed by atoms with Gasteiger partial charge in [0.2, 0.25) is 0 Å². The van der Waals surface area contributed by atoms with Gasteiger partial charge in [-0.3, -0.25) is 4.79 Å². The molecular formula is C16H20BrN3O3S. The van der Waals surface area contributed by atoms with Gasteiger partial charge in [-0.05, 0) is 45.0 Å². The zero-order valence-electron chi connectivity index (χ0n) is 13.9. The molecule has 0 radical (unpaired) electrons. The third kappa shape index (κ3) is 4.98. The zero-order chi connectivity index (χ0) is 17.5. The van der Waals surface area contributed by atoms with E-state index in [0.717, 1.165) is 16.0 Å². The van der Waals surface area contributed by atoms with Gasteiger partial charge in [-0.15, -0.1) is 10.2 Å². The van der Waals surface area contributed by atoms with Gasteiger partial charge in [0.25, 0.3) is 0 Å². The average Bonchev–Trinajstić information content (AvgIpc) is 2.98. The Bertz CT molecular complexity index is 676. The minimum Gasteiger partial charge on any atom is -0.483 e. The van der Waals surface area contributed by atoms with Crippen molar-refractivity contribution in [3.63, 3.8) is 0 Å². The van der Waals surface area contributed by atoms with Gasteiger partial charge in [-0.2, -0.15) is 0 Å². The highest BCUT2D eigenvalue weighted by Crippen LogP contribution is 2.25. The van der Waals surface area contributed by atoms with E-state index in [4.69, 9.17) is 9.47 Å². The third-order valence-corrected chi connectivity index (χ3v) is 4.65. The fourth-order valence-electron chi connectivity index (χ4n) is 2.10. The molecule has 0 aliphatic carbocycles. The highest BCUT2D eigenvalue weighted by atomic mass is 79.9. The van der Waals surface area contributed by atoms with E-state index in [2.05, 4.69) is 26.1 Å². The summed E-state index contributed by atoms with van der Waals surface area (Å²) >= 11 is 4.72. The molecule has 130 valence electrons. The van der Waals surface area contributed by atoms with Crippen molar-refractivity contribution in [2.24, 2.45) is 0 Å². The minimum absolute atomic E-state index is 0.216. The quantitative estimate of drug-likeness (QED) is 0.483. The van der Waals surface area contributed by atoms with Crippen LogP contribution in [0.1, 0.15) is 32.7 Å². The highest BCUT2D eigenvalue weighted by molar-refractivity contribution is 9.10. The Hall–Kier alpha value is -1.54. The van der Waals surface area contributed by atoms with Crippen LogP contribution in [0.2, 0.25) is 0 Å². The van der Waals surface area contributed by atoms with Gasteiger partial charge in [0.05, 0.1) is 12.4 Å². The molecule has 0 fully saturated rings. The number of nitrogens with zero attached hydrogens (tertiary/aromatic N) is 3. The van der Waals surface area contributed by atoms with Crippen LogP contribution in [0.5, 0.6) is 5.75 Å². The van der Waals surface area contributed by atoms with Gasteiger partial charge in [-0.1, -0.05) is 27.7 Å². The smallest absolute Gasteiger partial charge is 0.316 e. The molecule has 0 saturated carbocycles. The molecule has 0 N–H and O–H groups in total. The van der Waals surface area contributed by atoms with Gasteiger partial charge in [0.1, 0.15) is 5.75 Å². The molecule has 0 aliphatic heterocycles. The first kappa shape index (κ1) is 18.8. The number of benzene rings is 1. The topological polar surface area (TPSA) is 66.2 Å². The number of carbonyl (C=O) groups excluding carboxylic acids is 1. The lowest BCUT2D eigenvalue weighted by molar-refractivity contribution is -0.139. The monoisotopic (exact) mass is 413 g/mol. The molecule has 2 rings (SSSR count). The van der Waals surface area contributed by atoms with Gasteiger partial charge < -0.3 is 14.0 Å². The first-order valence-electron chi connectivity index (χ1n) is 7.68. The number of esters is 1. The summed E-state index contributed by atoms with van der Waals surface area (Å²) < 4.78 is 13.8. The summed E-state index contributed by atoms with van der Waals surface area (Å²) in [7, 11) is 0.